The van der Waals surface area contributed by atoms with Gasteiger partial charge in [0.15, 0.2) is 10.9 Å². The first-order valence-corrected chi connectivity index (χ1v) is 11.1. The maximum Gasteiger partial charge on any atom is 0.260 e. The van der Waals surface area contributed by atoms with Crippen LogP contribution in [0.5, 0.6) is 0 Å². The topological polar surface area (TPSA) is 36.4 Å². The molecule has 1 heterocycles. The molecular weight excluding hydrogens is 448 g/mol. The molecule has 0 aliphatic heterocycles. The number of hydrogen-bond acceptors (Lipinski definition) is 5. The Balaban J connectivity index is 0.00000320. The Labute approximate surface area is 189 Å². The summed E-state index contributed by atoms with van der Waals surface area (Å²) in [5.41, 5.74) is 0.632. The van der Waals surface area contributed by atoms with Crippen molar-refractivity contribution in [2.45, 2.75) is 18.2 Å². The van der Waals surface area contributed by atoms with Gasteiger partial charge in [0.25, 0.3) is 5.91 Å². The number of thiazole rings is 1. The Bertz CT molecular complexity index is 996. The number of aromatic nitrogens is 1. The van der Waals surface area contributed by atoms with Gasteiger partial charge >= 0.3 is 0 Å². The van der Waals surface area contributed by atoms with Crippen molar-refractivity contribution < 1.29 is 13.6 Å². The highest BCUT2D eigenvalue weighted by Crippen LogP contribution is 2.32. The van der Waals surface area contributed by atoms with Gasteiger partial charge in [-0.15, -0.1) is 24.2 Å². The lowest BCUT2D eigenvalue weighted by molar-refractivity contribution is 0.0986. The smallest absolute Gasteiger partial charge is 0.260 e. The van der Waals surface area contributed by atoms with E-state index in [9.17, 15) is 13.6 Å². The second kappa shape index (κ2) is 11.0. The number of thioether (sulfide) groups is 1. The summed E-state index contributed by atoms with van der Waals surface area (Å²) < 4.78 is 28.1. The van der Waals surface area contributed by atoms with E-state index in [4.69, 9.17) is 0 Å². The predicted octanol–water partition coefficient (Wildman–Crippen LogP) is 5.71. The van der Waals surface area contributed by atoms with Crippen LogP contribution < -0.4 is 4.90 Å². The van der Waals surface area contributed by atoms with Crippen LogP contribution in [0.3, 0.4) is 0 Å². The fourth-order valence-electron chi connectivity index (χ4n) is 2.91. The molecule has 2 aromatic carbocycles. The number of amides is 1. The summed E-state index contributed by atoms with van der Waals surface area (Å²) in [5, 5.41) is 0.375. The average Bonchev–Trinajstić information content (AvgIpc) is 3.09. The van der Waals surface area contributed by atoms with Crippen LogP contribution in [-0.2, 0) is 0 Å². The fourth-order valence-corrected chi connectivity index (χ4v) is 4.60. The summed E-state index contributed by atoms with van der Waals surface area (Å²) in [6.45, 7) is 3.31. The normalized spacial score (nSPS) is 11.0. The minimum atomic E-state index is -0.718. The van der Waals surface area contributed by atoms with E-state index in [0.29, 0.717) is 21.9 Å². The Morgan fingerprint density at radius 1 is 1.13 bits per heavy atom. The number of fused-ring (bicyclic) bond motifs is 1. The minimum absolute atomic E-state index is 0. The minimum Gasteiger partial charge on any atom is -0.309 e. The molecular formula is C21H24ClF2N3OS2. The van der Waals surface area contributed by atoms with Crippen molar-refractivity contribution in [2.75, 3.05) is 37.8 Å². The number of nitrogens with zero attached hydrogens (tertiary/aromatic N) is 3. The molecule has 30 heavy (non-hydrogen) atoms. The Morgan fingerprint density at radius 3 is 2.47 bits per heavy atom. The Morgan fingerprint density at radius 2 is 1.83 bits per heavy atom. The third-order valence-electron chi connectivity index (χ3n) is 4.28. The zero-order valence-corrected chi connectivity index (χ0v) is 19.5. The third-order valence-corrected chi connectivity index (χ3v) is 6.20. The molecule has 0 bridgehead atoms. The molecule has 0 N–H and O–H groups in total. The molecule has 4 nitrogen and oxygen atoms in total. The molecule has 162 valence electrons. The molecule has 0 unspecified atom stereocenters. The molecule has 0 saturated heterocycles. The molecule has 0 spiro atoms. The summed E-state index contributed by atoms with van der Waals surface area (Å²) in [4.78, 5) is 22.2. The summed E-state index contributed by atoms with van der Waals surface area (Å²) >= 11 is 2.83. The molecule has 0 aliphatic carbocycles. The SMILES string of the molecule is CCSc1ccc(C(=O)N(CCCN(C)C)c2nc3c(F)cc(F)cc3s2)cc1.Cl. The van der Waals surface area contributed by atoms with Gasteiger partial charge in [0.2, 0.25) is 0 Å². The first-order chi connectivity index (χ1) is 13.9. The molecule has 0 atom stereocenters. The number of benzene rings is 2. The number of carbonyl (C=O) groups is 1. The number of halogens is 3. The standard InChI is InChI=1S/C21H23F2N3OS2.ClH/c1-4-28-16-8-6-14(7-9-16)20(27)26(11-5-10-25(2)3)21-24-19-17(23)12-15(22)13-18(19)29-21;/h6-9,12-13H,4-5,10-11H2,1-3H3;1H. The van der Waals surface area contributed by atoms with Crippen molar-refractivity contribution in [1.29, 1.82) is 0 Å². The summed E-state index contributed by atoms with van der Waals surface area (Å²) in [6, 6.07) is 9.51. The van der Waals surface area contributed by atoms with E-state index >= 15 is 0 Å². The number of hydrogen-bond donors (Lipinski definition) is 0. The third kappa shape index (κ3) is 5.91. The Kier molecular flexibility index (Phi) is 9.03. The quantitative estimate of drug-likeness (QED) is 0.394. The van der Waals surface area contributed by atoms with Crippen molar-refractivity contribution in [1.82, 2.24) is 9.88 Å². The van der Waals surface area contributed by atoms with Crippen LogP contribution >= 0.6 is 35.5 Å². The number of carbonyl (C=O) groups excluding carboxylic acids is 1. The first kappa shape index (κ1) is 24.5. The van der Waals surface area contributed by atoms with Crippen LogP contribution in [-0.4, -0.2) is 48.7 Å². The zero-order valence-electron chi connectivity index (χ0n) is 17.0. The molecule has 9 heteroatoms. The lowest BCUT2D eigenvalue weighted by Gasteiger charge is -2.21. The monoisotopic (exact) mass is 471 g/mol. The van der Waals surface area contributed by atoms with Gasteiger partial charge in [0.05, 0.1) is 4.70 Å². The first-order valence-electron chi connectivity index (χ1n) is 9.34. The van der Waals surface area contributed by atoms with Gasteiger partial charge in [-0.3, -0.25) is 9.69 Å². The van der Waals surface area contributed by atoms with Crippen LogP contribution in [0.15, 0.2) is 41.3 Å². The van der Waals surface area contributed by atoms with Crippen molar-refractivity contribution in [2.24, 2.45) is 0 Å². The van der Waals surface area contributed by atoms with Gasteiger partial charge < -0.3 is 4.90 Å². The number of rotatable bonds is 8. The summed E-state index contributed by atoms with van der Waals surface area (Å²) in [5.74, 6) is -0.613. The predicted molar refractivity (Wildman–Crippen MR) is 124 cm³/mol. The van der Waals surface area contributed by atoms with Crippen molar-refractivity contribution in [3.8, 4) is 0 Å². The van der Waals surface area contributed by atoms with Gasteiger partial charge in [-0.05, 0) is 63.1 Å². The van der Waals surface area contributed by atoms with Gasteiger partial charge in [-0.25, -0.2) is 13.8 Å². The van der Waals surface area contributed by atoms with Gasteiger partial charge in [-0.2, -0.15) is 0 Å². The second-order valence-electron chi connectivity index (χ2n) is 6.80. The van der Waals surface area contributed by atoms with Crippen LogP contribution in [0.2, 0.25) is 0 Å². The van der Waals surface area contributed by atoms with Gasteiger partial charge in [-0.1, -0.05) is 18.3 Å². The largest absolute Gasteiger partial charge is 0.309 e. The summed E-state index contributed by atoms with van der Waals surface area (Å²) in [7, 11) is 3.93. The second-order valence-corrected chi connectivity index (χ2v) is 9.15. The maximum atomic E-state index is 14.1. The van der Waals surface area contributed by atoms with Gasteiger partial charge in [0, 0.05) is 23.1 Å². The van der Waals surface area contributed by atoms with Crippen LogP contribution in [0.25, 0.3) is 10.2 Å². The van der Waals surface area contributed by atoms with E-state index < -0.39 is 11.6 Å². The number of anilines is 1. The molecule has 1 amide bonds. The van der Waals surface area contributed by atoms with Crippen LogP contribution in [0.4, 0.5) is 13.9 Å². The van der Waals surface area contributed by atoms with Crippen molar-refractivity contribution >= 4 is 56.8 Å². The molecule has 1 aromatic heterocycles. The highest BCUT2D eigenvalue weighted by molar-refractivity contribution is 7.99. The highest BCUT2D eigenvalue weighted by atomic mass is 35.5. The van der Waals surface area contributed by atoms with Gasteiger partial charge in [0.1, 0.15) is 11.3 Å². The molecule has 0 radical (unpaired) electrons. The molecule has 0 fully saturated rings. The lowest BCUT2D eigenvalue weighted by atomic mass is 10.2. The van der Waals surface area contributed by atoms with E-state index in [2.05, 4.69) is 11.9 Å². The fraction of sp³-hybridized carbons (Fsp3) is 0.333. The summed E-state index contributed by atoms with van der Waals surface area (Å²) in [6.07, 6.45) is 0.731. The van der Waals surface area contributed by atoms with E-state index in [1.165, 1.54) is 6.07 Å². The molecule has 0 saturated carbocycles. The molecule has 0 aliphatic rings. The lowest BCUT2D eigenvalue weighted by Crippen LogP contribution is -2.33. The highest BCUT2D eigenvalue weighted by Gasteiger charge is 2.22. The van der Waals surface area contributed by atoms with E-state index in [1.807, 2.05) is 31.1 Å². The van der Waals surface area contributed by atoms with E-state index in [-0.39, 0.29) is 23.8 Å². The average molecular weight is 472 g/mol. The van der Waals surface area contributed by atoms with E-state index in [1.54, 1.807) is 28.8 Å². The molecule has 3 aromatic rings. The van der Waals surface area contributed by atoms with E-state index in [0.717, 1.165) is 41.0 Å². The van der Waals surface area contributed by atoms with Crippen LogP contribution in [0.1, 0.15) is 23.7 Å². The van der Waals surface area contributed by atoms with Crippen LogP contribution in [0, 0.1) is 11.6 Å². The van der Waals surface area contributed by atoms with Crippen molar-refractivity contribution in [3.05, 3.63) is 53.6 Å². The molecule has 3 rings (SSSR count). The zero-order chi connectivity index (χ0) is 21.0. The Hall–Kier alpha value is -1.74. The van der Waals surface area contributed by atoms with Crippen molar-refractivity contribution in [3.63, 3.8) is 0 Å². The maximum absolute atomic E-state index is 14.1.